The summed E-state index contributed by atoms with van der Waals surface area (Å²) < 4.78 is 13.1. The van der Waals surface area contributed by atoms with E-state index in [0.717, 1.165) is 11.1 Å². The zero-order chi connectivity index (χ0) is 15.2. The number of nitrogens with zero attached hydrogens (tertiary/aromatic N) is 1. The average molecular weight is 282 g/mol. The first-order valence-corrected chi connectivity index (χ1v) is 6.59. The number of rotatable bonds is 5. The third-order valence-corrected chi connectivity index (χ3v) is 3.16. The monoisotopic (exact) mass is 282 g/mol. The second-order valence-corrected chi connectivity index (χ2v) is 4.84. The highest BCUT2D eigenvalue weighted by atomic mass is 19.1. The molecule has 21 heavy (non-hydrogen) atoms. The van der Waals surface area contributed by atoms with Crippen LogP contribution in [0.3, 0.4) is 0 Å². The number of anilines is 1. The van der Waals surface area contributed by atoms with Gasteiger partial charge in [0.05, 0.1) is 18.2 Å². The lowest BCUT2D eigenvalue weighted by molar-refractivity contribution is -0.116. The Morgan fingerprint density at radius 3 is 2.62 bits per heavy atom. The molecule has 0 amide bonds. The normalized spacial score (nSPS) is 9.95. The Bertz CT molecular complexity index is 687. The molecule has 0 saturated heterocycles. The van der Waals surface area contributed by atoms with Crippen LogP contribution in [0.15, 0.2) is 42.5 Å². The zero-order valence-corrected chi connectivity index (χ0v) is 11.7. The fraction of sp³-hybridized carbons (Fsp3) is 0.176. The second kappa shape index (κ2) is 6.67. The minimum absolute atomic E-state index is 0.00312. The van der Waals surface area contributed by atoms with Gasteiger partial charge < -0.3 is 5.32 Å². The van der Waals surface area contributed by atoms with E-state index in [1.165, 1.54) is 12.1 Å². The van der Waals surface area contributed by atoms with Gasteiger partial charge in [0.15, 0.2) is 5.78 Å². The van der Waals surface area contributed by atoms with Gasteiger partial charge in [-0.1, -0.05) is 18.2 Å². The molecule has 0 bridgehead atoms. The molecular weight excluding hydrogens is 267 g/mol. The van der Waals surface area contributed by atoms with E-state index in [1.54, 1.807) is 30.3 Å². The van der Waals surface area contributed by atoms with E-state index in [-0.39, 0.29) is 24.6 Å². The maximum absolute atomic E-state index is 13.1. The number of ketones is 1. The predicted molar refractivity (Wildman–Crippen MR) is 79.5 cm³/mol. The third kappa shape index (κ3) is 4.15. The van der Waals surface area contributed by atoms with E-state index >= 15 is 0 Å². The number of hydrogen-bond acceptors (Lipinski definition) is 3. The van der Waals surface area contributed by atoms with Crippen LogP contribution in [0.5, 0.6) is 0 Å². The average Bonchev–Trinajstić information content (AvgIpc) is 2.49. The Morgan fingerprint density at radius 1 is 1.24 bits per heavy atom. The van der Waals surface area contributed by atoms with Crippen LogP contribution in [-0.2, 0) is 11.2 Å². The summed E-state index contributed by atoms with van der Waals surface area (Å²) in [6.07, 6.45) is 0.285. The lowest BCUT2D eigenvalue weighted by Gasteiger charge is -2.09. The molecule has 3 nitrogen and oxygen atoms in total. The first-order valence-electron chi connectivity index (χ1n) is 6.59. The largest absolute Gasteiger partial charge is 0.378 e. The first-order chi connectivity index (χ1) is 10.1. The second-order valence-electron chi connectivity index (χ2n) is 4.84. The van der Waals surface area contributed by atoms with E-state index in [4.69, 9.17) is 5.26 Å². The van der Waals surface area contributed by atoms with Crippen molar-refractivity contribution in [2.24, 2.45) is 0 Å². The number of nitriles is 1. The van der Waals surface area contributed by atoms with Gasteiger partial charge in [0.1, 0.15) is 5.82 Å². The van der Waals surface area contributed by atoms with Crippen molar-refractivity contribution in [1.29, 1.82) is 5.26 Å². The molecule has 2 aromatic carbocycles. The van der Waals surface area contributed by atoms with Gasteiger partial charge in [-0.3, -0.25) is 4.79 Å². The molecule has 4 heteroatoms. The van der Waals surface area contributed by atoms with Crippen LogP contribution < -0.4 is 5.32 Å². The minimum atomic E-state index is -0.331. The van der Waals surface area contributed by atoms with Gasteiger partial charge in [0, 0.05) is 12.1 Å². The van der Waals surface area contributed by atoms with Gasteiger partial charge in [-0.2, -0.15) is 5.26 Å². The SMILES string of the molecule is Cc1ccc(F)cc1NCC(=O)Cc1ccc(C#N)cc1. The van der Waals surface area contributed by atoms with Crippen molar-refractivity contribution in [3.05, 3.63) is 65.0 Å². The number of hydrogen-bond donors (Lipinski definition) is 1. The van der Waals surface area contributed by atoms with Crippen molar-refractivity contribution in [1.82, 2.24) is 0 Å². The number of nitrogens with one attached hydrogen (secondary N) is 1. The van der Waals surface area contributed by atoms with Crippen molar-refractivity contribution in [2.75, 3.05) is 11.9 Å². The van der Waals surface area contributed by atoms with E-state index in [9.17, 15) is 9.18 Å². The summed E-state index contributed by atoms with van der Waals surface area (Å²) in [4.78, 5) is 11.9. The highest BCUT2D eigenvalue weighted by molar-refractivity contribution is 5.85. The molecule has 0 aliphatic carbocycles. The topological polar surface area (TPSA) is 52.9 Å². The quantitative estimate of drug-likeness (QED) is 0.916. The van der Waals surface area contributed by atoms with Crippen LogP contribution in [0.25, 0.3) is 0 Å². The Labute approximate surface area is 123 Å². The number of benzene rings is 2. The number of carbonyl (C=O) groups is 1. The fourth-order valence-electron chi connectivity index (χ4n) is 1.97. The van der Waals surface area contributed by atoms with E-state index in [0.29, 0.717) is 11.3 Å². The standard InChI is InChI=1S/C17H15FN2O/c1-12-2-7-15(18)9-17(12)20-11-16(21)8-13-3-5-14(10-19)6-4-13/h2-7,9,20H,8,11H2,1H3. The molecule has 0 heterocycles. The minimum Gasteiger partial charge on any atom is -0.378 e. The maximum atomic E-state index is 13.1. The molecule has 2 rings (SSSR count). The van der Waals surface area contributed by atoms with E-state index < -0.39 is 0 Å². The van der Waals surface area contributed by atoms with Gasteiger partial charge in [0.25, 0.3) is 0 Å². The van der Waals surface area contributed by atoms with Gasteiger partial charge in [-0.05, 0) is 42.3 Å². The van der Waals surface area contributed by atoms with E-state index in [1.807, 2.05) is 13.0 Å². The van der Waals surface area contributed by atoms with Gasteiger partial charge in [-0.15, -0.1) is 0 Å². The highest BCUT2D eigenvalue weighted by Crippen LogP contribution is 2.15. The van der Waals surface area contributed by atoms with Crippen molar-refractivity contribution < 1.29 is 9.18 Å². The molecule has 0 spiro atoms. The van der Waals surface area contributed by atoms with Crippen molar-refractivity contribution >= 4 is 11.5 Å². The molecule has 0 saturated carbocycles. The molecule has 2 aromatic rings. The van der Waals surface area contributed by atoms with Gasteiger partial charge >= 0.3 is 0 Å². The summed E-state index contributed by atoms with van der Waals surface area (Å²) in [5.41, 5.74) is 2.95. The fourth-order valence-corrected chi connectivity index (χ4v) is 1.97. The maximum Gasteiger partial charge on any atom is 0.156 e. The number of aryl methyl sites for hydroxylation is 1. The Balaban J connectivity index is 1.92. The summed E-state index contributed by atoms with van der Waals surface area (Å²) in [6.45, 7) is 2.00. The van der Waals surface area contributed by atoms with Gasteiger partial charge in [-0.25, -0.2) is 4.39 Å². The molecule has 0 aliphatic heterocycles. The number of carbonyl (C=O) groups excluding carboxylic acids is 1. The van der Waals surface area contributed by atoms with Crippen molar-refractivity contribution in [3.8, 4) is 6.07 Å². The highest BCUT2D eigenvalue weighted by Gasteiger charge is 2.06. The summed E-state index contributed by atoms with van der Waals surface area (Å²) >= 11 is 0. The Hall–Kier alpha value is -2.67. The summed E-state index contributed by atoms with van der Waals surface area (Å²) in [5, 5.41) is 11.7. The first kappa shape index (κ1) is 14.7. The van der Waals surface area contributed by atoms with Crippen LogP contribution in [-0.4, -0.2) is 12.3 Å². The Kier molecular flexibility index (Phi) is 4.68. The van der Waals surface area contributed by atoms with Crippen molar-refractivity contribution in [2.45, 2.75) is 13.3 Å². The lowest BCUT2D eigenvalue weighted by Crippen LogP contribution is -2.16. The molecule has 106 valence electrons. The molecule has 0 unspecified atom stereocenters. The summed E-state index contributed by atoms with van der Waals surface area (Å²) in [5.74, 6) is -0.328. The van der Waals surface area contributed by atoms with Crippen LogP contribution in [0.1, 0.15) is 16.7 Å². The predicted octanol–water partition coefficient (Wildman–Crippen LogP) is 3.23. The number of Topliss-reactive ketones (excluding diaryl/α,β-unsaturated/α-hetero) is 1. The Morgan fingerprint density at radius 2 is 1.95 bits per heavy atom. The van der Waals surface area contributed by atoms with Gasteiger partial charge in [0.2, 0.25) is 0 Å². The third-order valence-electron chi connectivity index (χ3n) is 3.16. The van der Waals surface area contributed by atoms with E-state index in [2.05, 4.69) is 5.32 Å². The smallest absolute Gasteiger partial charge is 0.156 e. The molecule has 0 aliphatic rings. The summed E-state index contributed by atoms with van der Waals surface area (Å²) in [6, 6.07) is 13.4. The molecule has 0 atom stereocenters. The molecular formula is C17H15FN2O. The van der Waals surface area contributed by atoms with Crippen molar-refractivity contribution in [3.63, 3.8) is 0 Å². The zero-order valence-electron chi connectivity index (χ0n) is 11.7. The van der Waals surface area contributed by atoms with Crippen LogP contribution in [0.4, 0.5) is 10.1 Å². The van der Waals surface area contributed by atoms with Crippen LogP contribution >= 0.6 is 0 Å². The molecule has 0 radical (unpaired) electrons. The molecule has 1 N–H and O–H groups in total. The summed E-state index contributed by atoms with van der Waals surface area (Å²) in [7, 11) is 0. The molecule has 0 aromatic heterocycles. The van der Waals surface area contributed by atoms with Crippen LogP contribution in [0, 0.1) is 24.1 Å². The molecule has 0 fully saturated rings. The van der Waals surface area contributed by atoms with Crippen LogP contribution in [0.2, 0.25) is 0 Å². The number of halogens is 1. The lowest BCUT2D eigenvalue weighted by atomic mass is 10.1.